The Bertz CT molecular complexity index is 1370. The molecule has 0 bridgehead atoms. The van der Waals surface area contributed by atoms with Crippen LogP contribution in [0.25, 0.3) is 11.3 Å². The van der Waals surface area contributed by atoms with Gasteiger partial charge in [0.25, 0.3) is 5.91 Å². The van der Waals surface area contributed by atoms with Gasteiger partial charge in [0.15, 0.2) is 9.84 Å². The fraction of sp³-hybridized carbons (Fsp3) is 0.240. The summed E-state index contributed by atoms with van der Waals surface area (Å²) in [5, 5.41) is 5.30. The van der Waals surface area contributed by atoms with Crippen LogP contribution in [-0.4, -0.2) is 69.2 Å². The fourth-order valence-electron chi connectivity index (χ4n) is 3.74. The van der Waals surface area contributed by atoms with E-state index in [1.165, 1.54) is 30.5 Å². The van der Waals surface area contributed by atoms with Crippen LogP contribution in [-0.2, 0) is 19.4 Å². The van der Waals surface area contributed by atoms with Crippen LogP contribution < -0.4 is 10.6 Å². The molecule has 1 aliphatic heterocycles. The highest BCUT2D eigenvalue weighted by atomic mass is 32.2. The minimum atomic E-state index is -3.67. The van der Waals surface area contributed by atoms with E-state index >= 15 is 0 Å². The van der Waals surface area contributed by atoms with Gasteiger partial charge in [0.1, 0.15) is 5.82 Å². The minimum Gasteiger partial charge on any atom is -0.379 e. The van der Waals surface area contributed by atoms with E-state index in [0.717, 1.165) is 6.26 Å². The third-order valence-electron chi connectivity index (χ3n) is 5.56. The van der Waals surface area contributed by atoms with Crippen molar-refractivity contribution in [3.63, 3.8) is 0 Å². The van der Waals surface area contributed by atoms with Crippen LogP contribution in [0.3, 0.4) is 0 Å². The number of morpholine rings is 1. The number of rotatable bonds is 7. The molecule has 2 aromatic carbocycles. The van der Waals surface area contributed by atoms with Crippen molar-refractivity contribution in [3.8, 4) is 11.3 Å². The Labute approximate surface area is 208 Å². The van der Waals surface area contributed by atoms with Crippen LogP contribution in [0, 0.1) is 5.82 Å². The number of nitrogens with one attached hydrogen (secondary N) is 2. The first-order valence-electron chi connectivity index (χ1n) is 11.2. The number of anilines is 2. The van der Waals surface area contributed by atoms with Crippen LogP contribution in [0.15, 0.2) is 65.7 Å². The average molecular weight is 513 g/mol. The predicted molar refractivity (Wildman–Crippen MR) is 133 cm³/mol. The van der Waals surface area contributed by atoms with Crippen LogP contribution in [0.4, 0.5) is 15.8 Å². The van der Waals surface area contributed by atoms with Crippen LogP contribution >= 0.6 is 0 Å². The van der Waals surface area contributed by atoms with Crippen molar-refractivity contribution >= 4 is 33.0 Å². The molecule has 0 atom stereocenters. The van der Waals surface area contributed by atoms with E-state index in [-0.39, 0.29) is 22.7 Å². The molecule has 2 N–H and O–H groups in total. The van der Waals surface area contributed by atoms with Gasteiger partial charge in [0.05, 0.1) is 47.9 Å². The number of aromatic nitrogens is 1. The van der Waals surface area contributed by atoms with Gasteiger partial charge >= 0.3 is 0 Å². The molecule has 1 saturated heterocycles. The Hall–Kier alpha value is -3.67. The van der Waals surface area contributed by atoms with Crippen LogP contribution in [0.2, 0.25) is 0 Å². The zero-order valence-corrected chi connectivity index (χ0v) is 20.3. The molecule has 0 aliphatic carbocycles. The second-order valence-corrected chi connectivity index (χ2v) is 10.3. The largest absolute Gasteiger partial charge is 0.379 e. The summed E-state index contributed by atoms with van der Waals surface area (Å²) >= 11 is 0. The van der Waals surface area contributed by atoms with Crippen molar-refractivity contribution < 1.29 is 27.1 Å². The molecule has 188 valence electrons. The summed E-state index contributed by atoms with van der Waals surface area (Å²) < 4.78 is 43.8. The van der Waals surface area contributed by atoms with E-state index < -0.39 is 27.5 Å². The van der Waals surface area contributed by atoms with Crippen molar-refractivity contribution in [1.29, 1.82) is 0 Å². The molecule has 9 nitrogen and oxygen atoms in total. The number of pyridine rings is 1. The number of carbonyl (C=O) groups is 2. The van der Waals surface area contributed by atoms with Gasteiger partial charge in [-0.05, 0) is 42.5 Å². The maximum absolute atomic E-state index is 14.0. The topological polar surface area (TPSA) is 118 Å². The Kier molecular flexibility index (Phi) is 7.73. The molecule has 0 radical (unpaired) electrons. The standard InChI is InChI=1S/C25H25FN4O5S/c1-36(33,34)23-9-6-17(14-22(23)29-24(31)16-30-10-12-35-13-11-30)25(32)28-18-7-8-21(27-15-18)19-4-2-3-5-20(19)26/h2-9,14-15H,10-13,16H2,1H3,(H,28,32)(H,29,31). The second-order valence-electron chi connectivity index (χ2n) is 8.29. The molecule has 0 unspecified atom stereocenters. The van der Waals surface area contributed by atoms with E-state index in [1.807, 2.05) is 4.90 Å². The molecule has 2 amide bonds. The number of sulfone groups is 1. The predicted octanol–water partition coefficient (Wildman–Crippen LogP) is 2.81. The number of nitrogens with zero attached hydrogens (tertiary/aromatic N) is 2. The molecule has 1 aliphatic rings. The van der Waals surface area contributed by atoms with Crippen LogP contribution in [0.1, 0.15) is 10.4 Å². The summed E-state index contributed by atoms with van der Waals surface area (Å²) in [6.45, 7) is 2.31. The average Bonchev–Trinajstić information content (AvgIpc) is 2.85. The Morgan fingerprint density at radius 3 is 2.47 bits per heavy atom. The van der Waals surface area contributed by atoms with Gasteiger partial charge in [-0.3, -0.25) is 19.5 Å². The highest BCUT2D eigenvalue weighted by Crippen LogP contribution is 2.25. The molecule has 36 heavy (non-hydrogen) atoms. The lowest BCUT2D eigenvalue weighted by Gasteiger charge is -2.26. The number of carbonyl (C=O) groups excluding carboxylic acids is 2. The van der Waals surface area contributed by atoms with E-state index in [1.54, 1.807) is 30.3 Å². The summed E-state index contributed by atoms with van der Waals surface area (Å²) in [6.07, 6.45) is 2.43. The summed E-state index contributed by atoms with van der Waals surface area (Å²) in [5.41, 5.74) is 1.28. The first-order chi connectivity index (χ1) is 17.2. The fourth-order valence-corrected chi connectivity index (χ4v) is 4.57. The van der Waals surface area contributed by atoms with Crippen molar-refractivity contribution in [3.05, 3.63) is 72.2 Å². The number of hydrogen-bond donors (Lipinski definition) is 2. The van der Waals surface area contributed by atoms with E-state index in [0.29, 0.717) is 43.2 Å². The number of amides is 2. The molecule has 1 fully saturated rings. The molecule has 3 aromatic rings. The van der Waals surface area contributed by atoms with Gasteiger partial charge in [0.2, 0.25) is 5.91 Å². The monoisotopic (exact) mass is 512 g/mol. The first-order valence-corrected chi connectivity index (χ1v) is 13.1. The third-order valence-corrected chi connectivity index (χ3v) is 6.71. The summed E-state index contributed by atoms with van der Waals surface area (Å²) in [5.74, 6) is -1.33. The van der Waals surface area contributed by atoms with E-state index in [4.69, 9.17) is 4.74 Å². The van der Waals surface area contributed by atoms with Crippen molar-refractivity contribution in [2.24, 2.45) is 0 Å². The SMILES string of the molecule is CS(=O)(=O)c1ccc(C(=O)Nc2ccc(-c3ccccc3F)nc2)cc1NC(=O)CN1CCOCC1. The number of ether oxygens (including phenoxy) is 1. The van der Waals surface area contributed by atoms with Gasteiger partial charge in [-0.2, -0.15) is 0 Å². The van der Waals surface area contributed by atoms with Crippen molar-refractivity contribution in [2.75, 3.05) is 49.7 Å². The molecule has 1 aromatic heterocycles. The second kappa shape index (κ2) is 10.9. The zero-order valence-electron chi connectivity index (χ0n) is 19.5. The van der Waals surface area contributed by atoms with Gasteiger partial charge in [-0.15, -0.1) is 0 Å². The Morgan fingerprint density at radius 1 is 1.06 bits per heavy atom. The number of benzene rings is 2. The van der Waals surface area contributed by atoms with Gasteiger partial charge < -0.3 is 15.4 Å². The summed E-state index contributed by atoms with van der Waals surface area (Å²) in [4.78, 5) is 31.5. The van der Waals surface area contributed by atoms with E-state index in [9.17, 15) is 22.4 Å². The Balaban J connectivity index is 1.50. The zero-order chi connectivity index (χ0) is 25.7. The van der Waals surface area contributed by atoms with Gasteiger partial charge in [-0.25, -0.2) is 12.8 Å². The molecule has 11 heteroatoms. The Morgan fingerprint density at radius 2 is 1.81 bits per heavy atom. The lowest BCUT2D eigenvalue weighted by molar-refractivity contribution is -0.118. The van der Waals surface area contributed by atoms with Crippen LogP contribution in [0.5, 0.6) is 0 Å². The van der Waals surface area contributed by atoms with Crippen molar-refractivity contribution in [2.45, 2.75) is 4.90 Å². The summed E-state index contributed by atoms with van der Waals surface area (Å²) in [7, 11) is -3.67. The maximum atomic E-state index is 14.0. The highest BCUT2D eigenvalue weighted by Gasteiger charge is 2.20. The smallest absolute Gasteiger partial charge is 0.255 e. The maximum Gasteiger partial charge on any atom is 0.255 e. The molecule has 2 heterocycles. The summed E-state index contributed by atoms with van der Waals surface area (Å²) in [6, 6.07) is 13.4. The minimum absolute atomic E-state index is 0.0245. The highest BCUT2D eigenvalue weighted by molar-refractivity contribution is 7.90. The molecule has 0 saturated carbocycles. The first kappa shape index (κ1) is 25.4. The molecule has 0 spiro atoms. The lowest BCUT2D eigenvalue weighted by atomic mass is 10.1. The van der Waals surface area contributed by atoms with Crippen molar-refractivity contribution in [1.82, 2.24) is 9.88 Å². The van der Waals surface area contributed by atoms with Gasteiger partial charge in [-0.1, -0.05) is 12.1 Å². The molecular weight excluding hydrogens is 487 g/mol. The number of halogens is 1. The molecular formula is C25H25FN4O5S. The van der Waals surface area contributed by atoms with E-state index in [2.05, 4.69) is 15.6 Å². The molecule has 4 rings (SSSR count). The quantitative estimate of drug-likeness (QED) is 0.500. The van der Waals surface area contributed by atoms with Gasteiger partial charge in [0, 0.05) is 30.5 Å². The lowest BCUT2D eigenvalue weighted by Crippen LogP contribution is -2.41. The normalized spacial score (nSPS) is 14.3. The number of hydrogen-bond acceptors (Lipinski definition) is 7. The third kappa shape index (κ3) is 6.30.